The number of piperidine rings is 1. The largest absolute Gasteiger partial charge is 0.384 e. The summed E-state index contributed by atoms with van der Waals surface area (Å²) in [5.41, 5.74) is 2.07. The fourth-order valence-electron chi connectivity index (χ4n) is 2.42. The number of anilines is 2. The summed E-state index contributed by atoms with van der Waals surface area (Å²) in [6.45, 7) is 2.13. The molecule has 0 bridgehead atoms. The Morgan fingerprint density at radius 3 is 2.80 bits per heavy atom. The Morgan fingerprint density at radius 2 is 2.25 bits per heavy atom. The number of nitrogens with one attached hydrogen (secondary N) is 1. The predicted octanol–water partition coefficient (Wildman–Crippen LogP) is 0.533. The van der Waals surface area contributed by atoms with E-state index in [1.54, 1.807) is 7.11 Å². The van der Waals surface area contributed by atoms with E-state index in [9.17, 15) is 10.1 Å². The molecule has 0 aliphatic carbocycles. The smallest absolute Gasteiger partial charge is 0.354 e. The van der Waals surface area contributed by atoms with Crippen molar-refractivity contribution in [3.05, 3.63) is 16.4 Å². The molecule has 1 aromatic rings. The highest BCUT2D eigenvalue weighted by molar-refractivity contribution is 5.69. The normalized spacial score (nSPS) is 16.2. The van der Waals surface area contributed by atoms with Crippen LogP contribution in [0.3, 0.4) is 0 Å². The molecule has 110 valence electrons. The number of ether oxygens (including phenoxy) is 1. The number of hydrogen-bond donors (Lipinski definition) is 2. The van der Waals surface area contributed by atoms with Crippen molar-refractivity contribution >= 4 is 17.3 Å². The number of hydrazine groups is 1. The first-order valence-corrected chi connectivity index (χ1v) is 6.37. The standard InChI is InChI=1S/C11H18N6O3/c1-20-6-8-2-4-16(5-3-8)11-9(17(18)19)10(15-12)13-7-14-11/h7-8H,2-6,12H2,1H3,(H,13,14,15). The summed E-state index contributed by atoms with van der Waals surface area (Å²) in [4.78, 5) is 20.4. The Bertz CT molecular complexity index is 475. The number of hydrogen-bond acceptors (Lipinski definition) is 8. The molecule has 0 unspecified atom stereocenters. The van der Waals surface area contributed by atoms with E-state index in [0.717, 1.165) is 19.4 Å². The zero-order chi connectivity index (χ0) is 14.5. The van der Waals surface area contributed by atoms with Crippen LogP contribution in [-0.2, 0) is 4.74 Å². The molecule has 1 fully saturated rings. The summed E-state index contributed by atoms with van der Waals surface area (Å²) in [6, 6.07) is 0. The predicted molar refractivity (Wildman–Crippen MR) is 73.3 cm³/mol. The minimum atomic E-state index is -0.508. The van der Waals surface area contributed by atoms with Gasteiger partial charge in [-0.25, -0.2) is 15.8 Å². The Hall–Kier alpha value is -2.00. The topological polar surface area (TPSA) is 119 Å². The van der Waals surface area contributed by atoms with Crippen LogP contribution in [0.15, 0.2) is 6.33 Å². The molecule has 1 aromatic heterocycles. The van der Waals surface area contributed by atoms with Crippen molar-refractivity contribution in [3.8, 4) is 0 Å². The molecular formula is C11H18N6O3. The minimum absolute atomic E-state index is 0.0269. The van der Waals surface area contributed by atoms with E-state index in [-0.39, 0.29) is 11.5 Å². The molecule has 3 N–H and O–H groups in total. The number of rotatable bonds is 5. The van der Waals surface area contributed by atoms with Crippen LogP contribution in [0.4, 0.5) is 17.3 Å². The van der Waals surface area contributed by atoms with Crippen molar-refractivity contribution in [3.63, 3.8) is 0 Å². The van der Waals surface area contributed by atoms with Gasteiger partial charge in [0.05, 0.1) is 4.92 Å². The molecule has 1 aliphatic rings. The third kappa shape index (κ3) is 2.94. The maximum atomic E-state index is 11.2. The van der Waals surface area contributed by atoms with Crippen LogP contribution >= 0.6 is 0 Å². The second-order valence-corrected chi connectivity index (χ2v) is 4.68. The van der Waals surface area contributed by atoms with Gasteiger partial charge in [-0.1, -0.05) is 0 Å². The molecule has 0 amide bonds. The Labute approximate surface area is 116 Å². The lowest BCUT2D eigenvalue weighted by molar-refractivity contribution is -0.383. The van der Waals surface area contributed by atoms with Gasteiger partial charge in [0.25, 0.3) is 0 Å². The molecule has 2 rings (SSSR count). The number of aromatic nitrogens is 2. The van der Waals surface area contributed by atoms with Crippen molar-refractivity contribution in [2.75, 3.05) is 37.1 Å². The number of methoxy groups -OCH3 is 1. The van der Waals surface area contributed by atoms with Gasteiger partial charge in [0.1, 0.15) is 6.33 Å². The van der Waals surface area contributed by atoms with Crippen molar-refractivity contribution < 1.29 is 9.66 Å². The van der Waals surface area contributed by atoms with Crippen LogP contribution in [-0.4, -0.2) is 41.7 Å². The number of nitrogen functional groups attached to an aromatic ring is 1. The van der Waals surface area contributed by atoms with Crippen molar-refractivity contribution in [2.45, 2.75) is 12.8 Å². The third-order valence-electron chi connectivity index (χ3n) is 3.44. The summed E-state index contributed by atoms with van der Waals surface area (Å²) < 4.78 is 5.14. The molecule has 9 heteroatoms. The zero-order valence-electron chi connectivity index (χ0n) is 11.3. The SMILES string of the molecule is COCC1CCN(c2ncnc(NN)c2[N+](=O)[O-])CC1. The van der Waals surface area contributed by atoms with Gasteiger partial charge in [-0.05, 0) is 18.8 Å². The minimum Gasteiger partial charge on any atom is -0.384 e. The quantitative estimate of drug-likeness (QED) is 0.456. The van der Waals surface area contributed by atoms with Gasteiger partial charge in [0.2, 0.25) is 11.6 Å². The molecule has 1 saturated heterocycles. The van der Waals surface area contributed by atoms with Gasteiger partial charge >= 0.3 is 5.69 Å². The maximum Gasteiger partial charge on any atom is 0.354 e. The Kier molecular flexibility index (Phi) is 4.64. The molecular weight excluding hydrogens is 264 g/mol. The molecule has 1 aliphatic heterocycles. The average Bonchev–Trinajstić information content (AvgIpc) is 2.47. The first-order chi connectivity index (χ1) is 9.67. The van der Waals surface area contributed by atoms with Gasteiger partial charge in [0, 0.05) is 26.8 Å². The lowest BCUT2D eigenvalue weighted by Crippen LogP contribution is -2.36. The molecule has 0 spiro atoms. The van der Waals surface area contributed by atoms with E-state index in [0.29, 0.717) is 24.8 Å². The number of nitrogens with zero attached hydrogens (tertiary/aromatic N) is 4. The highest BCUT2D eigenvalue weighted by Gasteiger charge is 2.29. The van der Waals surface area contributed by atoms with Crippen LogP contribution in [0.2, 0.25) is 0 Å². The summed E-state index contributed by atoms with van der Waals surface area (Å²) in [7, 11) is 1.68. The van der Waals surface area contributed by atoms with Crippen LogP contribution < -0.4 is 16.2 Å². The fraction of sp³-hybridized carbons (Fsp3) is 0.636. The number of nitro groups is 1. The van der Waals surface area contributed by atoms with E-state index in [1.807, 2.05) is 4.90 Å². The van der Waals surface area contributed by atoms with Crippen molar-refractivity contribution in [1.29, 1.82) is 0 Å². The molecule has 2 heterocycles. The number of nitrogens with two attached hydrogens (primary N) is 1. The maximum absolute atomic E-state index is 11.2. The van der Waals surface area contributed by atoms with E-state index in [2.05, 4.69) is 15.4 Å². The fourth-order valence-corrected chi connectivity index (χ4v) is 2.42. The first-order valence-electron chi connectivity index (χ1n) is 6.37. The lowest BCUT2D eigenvalue weighted by atomic mass is 9.98. The van der Waals surface area contributed by atoms with E-state index < -0.39 is 4.92 Å². The van der Waals surface area contributed by atoms with Crippen LogP contribution in [0.1, 0.15) is 12.8 Å². The summed E-state index contributed by atoms with van der Waals surface area (Å²) in [5, 5.41) is 11.2. The van der Waals surface area contributed by atoms with Crippen LogP contribution in [0.25, 0.3) is 0 Å². The van der Waals surface area contributed by atoms with E-state index in [4.69, 9.17) is 10.6 Å². The Balaban J connectivity index is 2.19. The first kappa shape index (κ1) is 14.4. The van der Waals surface area contributed by atoms with E-state index in [1.165, 1.54) is 6.33 Å². The average molecular weight is 282 g/mol. The molecule has 0 radical (unpaired) electrons. The van der Waals surface area contributed by atoms with E-state index >= 15 is 0 Å². The molecule has 0 saturated carbocycles. The van der Waals surface area contributed by atoms with Gasteiger partial charge in [-0.3, -0.25) is 10.1 Å². The third-order valence-corrected chi connectivity index (χ3v) is 3.44. The van der Waals surface area contributed by atoms with Gasteiger partial charge in [-0.15, -0.1) is 0 Å². The molecule has 0 atom stereocenters. The highest BCUT2D eigenvalue weighted by Crippen LogP contribution is 2.33. The molecule has 20 heavy (non-hydrogen) atoms. The molecule has 0 aromatic carbocycles. The summed E-state index contributed by atoms with van der Waals surface area (Å²) in [6.07, 6.45) is 3.11. The van der Waals surface area contributed by atoms with Crippen LogP contribution in [0, 0.1) is 16.0 Å². The van der Waals surface area contributed by atoms with Gasteiger partial charge in [-0.2, -0.15) is 0 Å². The second-order valence-electron chi connectivity index (χ2n) is 4.68. The molecule has 9 nitrogen and oxygen atoms in total. The zero-order valence-corrected chi connectivity index (χ0v) is 11.3. The van der Waals surface area contributed by atoms with Crippen LogP contribution in [0.5, 0.6) is 0 Å². The highest BCUT2D eigenvalue weighted by atomic mass is 16.6. The Morgan fingerprint density at radius 1 is 1.55 bits per heavy atom. The van der Waals surface area contributed by atoms with Crippen molar-refractivity contribution in [2.24, 2.45) is 11.8 Å². The second kappa shape index (κ2) is 6.44. The summed E-state index contributed by atoms with van der Waals surface area (Å²) in [5.74, 6) is 6.10. The van der Waals surface area contributed by atoms with Gasteiger partial charge in [0.15, 0.2) is 0 Å². The van der Waals surface area contributed by atoms with Gasteiger partial charge < -0.3 is 15.1 Å². The lowest BCUT2D eigenvalue weighted by Gasteiger charge is -2.32. The van der Waals surface area contributed by atoms with Crippen molar-refractivity contribution in [1.82, 2.24) is 9.97 Å². The summed E-state index contributed by atoms with van der Waals surface area (Å²) >= 11 is 0. The monoisotopic (exact) mass is 282 g/mol.